The summed E-state index contributed by atoms with van der Waals surface area (Å²) in [5, 5.41) is 8.28. The molecular weight excluding hydrogens is 277 g/mol. The lowest BCUT2D eigenvalue weighted by Gasteiger charge is -2.18. The van der Waals surface area contributed by atoms with Crippen LogP contribution in [-0.4, -0.2) is 16.3 Å². The number of nitrogens with zero attached hydrogens (tertiary/aromatic N) is 2. The van der Waals surface area contributed by atoms with Gasteiger partial charge in [0, 0.05) is 12.1 Å². The quantitative estimate of drug-likeness (QED) is 0.916. The Labute approximate surface area is 123 Å². The summed E-state index contributed by atoms with van der Waals surface area (Å²) in [5.74, 6) is -0.226. The van der Waals surface area contributed by atoms with E-state index in [9.17, 15) is 4.39 Å². The number of nitrogens with one attached hydrogen (secondary N) is 1. The highest BCUT2D eigenvalue weighted by Gasteiger charge is 2.17. The first kappa shape index (κ1) is 15.0. The van der Waals surface area contributed by atoms with Gasteiger partial charge in [0.2, 0.25) is 0 Å². The van der Waals surface area contributed by atoms with Crippen molar-refractivity contribution in [2.75, 3.05) is 6.54 Å². The van der Waals surface area contributed by atoms with Crippen LogP contribution in [0.15, 0.2) is 24.3 Å². The Morgan fingerprint density at radius 2 is 2.15 bits per heavy atom. The SMILES string of the molecule is CCNC(Cc1cc(Cl)ccc1F)c1cc(C)nn1C. The predicted molar refractivity (Wildman–Crippen MR) is 79.5 cm³/mol. The van der Waals surface area contributed by atoms with E-state index in [0.717, 1.165) is 17.9 Å². The fourth-order valence-electron chi connectivity index (χ4n) is 2.40. The molecule has 0 aliphatic rings. The molecule has 1 unspecified atom stereocenters. The largest absolute Gasteiger partial charge is 0.309 e. The van der Waals surface area contributed by atoms with Gasteiger partial charge < -0.3 is 5.32 Å². The molecule has 3 nitrogen and oxygen atoms in total. The average Bonchev–Trinajstić information content (AvgIpc) is 2.72. The van der Waals surface area contributed by atoms with Gasteiger partial charge in [-0.3, -0.25) is 4.68 Å². The monoisotopic (exact) mass is 295 g/mol. The molecular formula is C15H19ClFN3. The number of aryl methyl sites for hydroxylation is 2. The summed E-state index contributed by atoms with van der Waals surface area (Å²) in [6, 6.07) is 6.70. The van der Waals surface area contributed by atoms with Crippen molar-refractivity contribution in [1.82, 2.24) is 15.1 Å². The minimum atomic E-state index is -0.226. The maximum Gasteiger partial charge on any atom is 0.126 e. The first-order valence-corrected chi connectivity index (χ1v) is 7.07. The van der Waals surface area contributed by atoms with Crippen molar-refractivity contribution < 1.29 is 4.39 Å². The van der Waals surface area contributed by atoms with E-state index >= 15 is 0 Å². The van der Waals surface area contributed by atoms with Crippen molar-refractivity contribution >= 4 is 11.6 Å². The predicted octanol–water partition coefficient (Wildman–Crippen LogP) is 3.41. The van der Waals surface area contributed by atoms with Gasteiger partial charge in [-0.05, 0) is 49.7 Å². The Balaban J connectivity index is 2.30. The average molecular weight is 296 g/mol. The van der Waals surface area contributed by atoms with Gasteiger partial charge in [0.15, 0.2) is 0 Å². The molecule has 1 aromatic carbocycles. The van der Waals surface area contributed by atoms with Crippen molar-refractivity contribution in [2.45, 2.75) is 26.3 Å². The second-order valence-electron chi connectivity index (χ2n) is 4.88. The van der Waals surface area contributed by atoms with Gasteiger partial charge in [0.05, 0.1) is 17.4 Å². The third-order valence-electron chi connectivity index (χ3n) is 3.28. The van der Waals surface area contributed by atoms with E-state index < -0.39 is 0 Å². The molecule has 0 radical (unpaired) electrons. The smallest absolute Gasteiger partial charge is 0.126 e. The van der Waals surface area contributed by atoms with Gasteiger partial charge in [0.25, 0.3) is 0 Å². The zero-order chi connectivity index (χ0) is 14.7. The van der Waals surface area contributed by atoms with E-state index in [1.54, 1.807) is 12.1 Å². The Kier molecular flexibility index (Phi) is 4.78. The number of hydrogen-bond donors (Lipinski definition) is 1. The molecule has 2 rings (SSSR count). The molecule has 0 saturated heterocycles. The molecule has 1 N–H and O–H groups in total. The molecule has 0 spiro atoms. The topological polar surface area (TPSA) is 29.9 Å². The maximum absolute atomic E-state index is 13.9. The van der Waals surface area contributed by atoms with Crippen LogP contribution in [0.5, 0.6) is 0 Å². The molecule has 1 atom stereocenters. The first-order valence-electron chi connectivity index (χ1n) is 6.69. The molecule has 0 fully saturated rings. The number of benzene rings is 1. The van der Waals surface area contributed by atoms with Gasteiger partial charge >= 0.3 is 0 Å². The Hall–Kier alpha value is -1.39. The third-order valence-corrected chi connectivity index (χ3v) is 3.51. The molecule has 1 aromatic heterocycles. The van der Waals surface area contributed by atoms with Gasteiger partial charge in [-0.2, -0.15) is 5.10 Å². The van der Waals surface area contributed by atoms with Crippen LogP contribution >= 0.6 is 11.6 Å². The van der Waals surface area contributed by atoms with Crippen molar-refractivity contribution in [3.05, 3.63) is 52.1 Å². The van der Waals surface area contributed by atoms with Gasteiger partial charge in [-0.15, -0.1) is 0 Å². The highest BCUT2D eigenvalue weighted by Crippen LogP contribution is 2.23. The van der Waals surface area contributed by atoms with Crippen LogP contribution < -0.4 is 5.32 Å². The molecule has 0 bridgehead atoms. The Morgan fingerprint density at radius 3 is 2.75 bits per heavy atom. The lowest BCUT2D eigenvalue weighted by atomic mass is 10.0. The summed E-state index contributed by atoms with van der Waals surface area (Å²) in [4.78, 5) is 0. The molecule has 20 heavy (non-hydrogen) atoms. The fraction of sp³-hybridized carbons (Fsp3) is 0.400. The van der Waals surface area contributed by atoms with E-state index in [2.05, 4.69) is 10.4 Å². The van der Waals surface area contributed by atoms with Crippen LogP contribution in [0.1, 0.15) is 29.9 Å². The molecule has 0 amide bonds. The number of likely N-dealkylation sites (N-methyl/N-ethyl adjacent to an activating group) is 1. The van der Waals surface area contributed by atoms with Crippen LogP contribution in [-0.2, 0) is 13.5 Å². The number of hydrogen-bond acceptors (Lipinski definition) is 2. The van der Waals surface area contributed by atoms with Crippen molar-refractivity contribution in [3.8, 4) is 0 Å². The molecule has 0 saturated carbocycles. The van der Waals surface area contributed by atoms with E-state index in [1.165, 1.54) is 6.07 Å². The molecule has 5 heteroatoms. The second kappa shape index (κ2) is 6.37. The van der Waals surface area contributed by atoms with Crippen molar-refractivity contribution in [1.29, 1.82) is 0 Å². The zero-order valence-corrected chi connectivity index (χ0v) is 12.7. The van der Waals surface area contributed by atoms with Gasteiger partial charge in [-0.25, -0.2) is 4.39 Å². The molecule has 108 valence electrons. The normalized spacial score (nSPS) is 12.7. The fourth-order valence-corrected chi connectivity index (χ4v) is 2.60. The lowest BCUT2D eigenvalue weighted by Crippen LogP contribution is -2.25. The Bertz CT molecular complexity index is 595. The standard InChI is InChI=1S/C15H19ClFN3/c1-4-18-14(15-7-10(2)19-20(15)3)9-11-8-12(16)5-6-13(11)17/h5-8,14,18H,4,9H2,1-3H3. The lowest BCUT2D eigenvalue weighted by molar-refractivity contribution is 0.495. The summed E-state index contributed by atoms with van der Waals surface area (Å²) in [7, 11) is 1.90. The van der Waals surface area contributed by atoms with E-state index in [4.69, 9.17) is 11.6 Å². The van der Waals surface area contributed by atoms with Crippen LogP contribution in [0.25, 0.3) is 0 Å². The van der Waals surface area contributed by atoms with E-state index in [1.807, 2.05) is 31.6 Å². The summed E-state index contributed by atoms with van der Waals surface area (Å²) >= 11 is 5.95. The highest BCUT2D eigenvalue weighted by molar-refractivity contribution is 6.30. The minimum Gasteiger partial charge on any atom is -0.309 e. The van der Waals surface area contributed by atoms with Crippen LogP contribution in [0, 0.1) is 12.7 Å². The zero-order valence-electron chi connectivity index (χ0n) is 12.0. The van der Waals surface area contributed by atoms with E-state index in [0.29, 0.717) is 17.0 Å². The maximum atomic E-state index is 13.9. The van der Waals surface area contributed by atoms with Gasteiger partial charge in [0.1, 0.15) is 5.82 Å². The van der Waals surface area contributed by atoms with Crippen LogP contribution in [0.2, 0.25) is 5.02 Å². The van der Waals surface area contributed by atoms with Crippen LogP contribution in [0.4, 0.5) is 4.39 Å². The van der Waals surface area contributed by atoms with E-state index in [-0.39, 0.29) is 11.9 Å². The van der Waals surface area contributed by atoms with Crippen LogP contribution in [0.3, 0.4) is 0 Å². The minimum absolute atomic E-state index is 0.0131. The summed E-state index contributed by atoms with van der Waals surface area (Å²) < 4.78 is 15.7. The number of rotatable bonds is 5. The second-order valence-corrected chi connectivity index (χ2v) is 5.32. The summed E-state index contributed by atoms with van der Waals surface area (Å²) in [5.41, 5.74) is 2.61. The molecule has 0 aliphatic carbocycles. The van der Waals surface area contributed by atoms with Crippen molar-refractivity contribution in [2.24, 2.45) is 7.05 Å². The third kappa shape index (κ3) is 3.38. The summed E-state index contributed by atoms with van der Waals surface area (Å²) in [6.07, 6.45) is 0.541. The van der Waals surface area contributed by atoms with Gasteiger partial charge in [-0.1, -0.05) is 18.5 Å². The first-order chi connectivity index (χ1) is 9.51. The number of aromatic nitrogens is 2. The molecule has 0 aliphatic heterocycles. The molecule has 1 heterocycles. The summed E-state index contributed by atoms with van der Waals surface area (Å²) in [6.45, 7) is 4.79. The van der Waals surface area contributed by atoms with Crippen molar-refractivity contribution in [3.63, 3.8) is 0 Å². The number of halogens is 2. The molecule has 2 aromatic rings. The Morgan fingerprint density at radius 1 is 1.40 bits per heavy atom. The highest BCUT2D eigenvalue weighted by atomic mass is 35.5.